The second-order valence-electron chi connectivity index (χ2n) is 3.34. The van der Waals surface area contributed by atoms with Gasteiger partial charge in [-0.05, 0) is 6.42 Å². The van der Waals surface area contributed by atoms with Crippen molar-refractivity contribution in [3.8, 4) is 0 Å². The molecular weight excluding hydrogens is 174 g/mol. The summed E-state index contributed by atoms with van der Waals surface area (Å²) in [4.78, 5) is 14.6. The zero-order chi connectivity index (χ0) is 8.77. The number of nitrogens with one attached hydrogen (secondary N) is 1. The van der Waals surface area contributed by atoms with Gasteiger partial charge in [-0.1, -0.05) is 6.92 Å². The van der Waals surface area contributed by atoms with Gasteiger partial charge >= 0.3 is 6.03 Å². The van der Waals surface area contributed by atoms with E-state index in [1.165, 1.54) is 0 Å². The third-order valence-corrected chi connectivity index (χ3v) is 3.70. The number of rotatable bonds is 0. The molecule has 2 heterocycles. The molecule has 2 aliphatic rings. The van der Waals surface area contributed by atoms with Crippen LogP contribution < -0.4 is 11.1 Å². The van der Waals surface area contributed by atoms with Crippen molar-refractivity contribution in [3.05, 3.63) is 0 Å². The Kier molecular flexibility index (Phi) is 1.57. The summed E-state index contributed by atoms with van der Waals surface area (Å²) in [6, 6.07) is -0.290. The Hall–Kier alpha value is -0.710. The molecule has 1 spiro atoms. The Morgan fingerprint density at radius 3 is 3.00 bits per heavy atom. The van der Waals surface area contributed by atoms with E-state index in [1.54, 1.807) is 0 Å². The van der Waals surface area contributed by atoms with Crippen molar-refractivity contribution in [2.75, 3.05) is 5.75 Å². The Bertz CT molecular complexity index is 265. The van der Waals surface area contributed by atoms with Crippen LogP contribution in [0.1, 0.15) is 13.3 Å². The first-order valence-corrected chi connectivity index (χ1v) is 4.96. The highest BCUT2D eigenvalue weighted by atomic mass is 32.2. The summed E-state index contributed by atoms with van der Waals surface area (Å²) in [5, 5.41) is 3.37. The van der Waals surface area contributed by atoms with Crippen LogP contribution in [0, 0.1) is 0 Å². The van der Waals surface area contributed by atoms with Crippen LogP contribution in [-0.2, 0) is 0 Å². The molecular formula is C7H11N3OS. The fourth-order valence-corrected chi connectivity index (χ4v) is 2.98. The maximum atomic E-state index is 10.9. The molecule has 0 aliphatic carbocycles. The second-order valence-corrected chi connectivity index (χ2v) is 4.76. The molecule has 2 rings (SSSR count). The molecule has 1 saturated heterocycles. The lowest BCUT2D eigenvalue weighted by Crippen LogP contribution is -2.52. The number of amides is 2. The number of thioether (sulfide) groups is 1. The van der Waals surface area contributed by atoms with Gasteiger partial charge in [0.05, 0.1) is 0 Å². The van der Waals surface area contributed by atoms with E-state index in [-0.39, 0.29) is 11.6 Å². The summed E-state index contributed by atoms with van der Waals surface area (Å²) in [5.41, 5.74) is 5.36. The van der Waals surface area contributed by atoms with Gasteiger partial charge in [-0.2, -0.15) is 16.8 Å². The number of hydrogen-bond donors (Lipinski definition) is 2. The first kappa shape index (κ1) is 7.91. The summed E-state index contributed by atoms with van der Waals surface area (Å²) < 4.78 is 0. The van der Waals surface area contributed by atoms with E-state index >= 15 is 0 Å². The van der Waals surface area contributed by atoms with Gasteiger partial charge in [-0.25, -0.2) is 4.79 Å². The number of amidine groups is 1. The lowest BCUT2D eigenvalue weighted by atomic mass is 9.96. The van der Waals surface area contributed by atoms with Crippen molar-refractivity contribution in [2.24, 2.45) is 10.7 Å². The molecule has 2 atom stereocenters. The van der Waals surface area contributed by atoms with Gasteiger partial charge in [0.1, 0.15) is 11.4 Å². The Morgan fingerprint density at radius 1 is 1.83 bits per heavy atom. The number of urea groups is 1. The SMILES string of the molecule is CC1CC2(CS1)NC(=O)N=C2N. The van der Waals surface area contributed by atoms with Crippen molar-refractivity contribution in [2.45, 2.75) is 24.1 Å². The van der Waals surface area contributed by atoms with Crippen molar-refractivity contribution in [1.82, 2.24) is 5.32 Å². The molecule has 3 N–H and O–H groups in total. The fourth-order valence-electron chi connectivity index (χ4n) is 1.67. The van der Waals surface area contributed by atoms with Gasteiger partial charge in [0.25, 0.3) is 0 Å². The van der Waals surface area contributed by atoms with Crippen molar-refractivity contribution < 1.29 is 4.79 Å². The maximum Gasteiger partial charge on any atom is 0.343 e. The van der Waals surface area contributed by atoms with Gasteiger partial charge in [0.2, 0.25) is 0 Å². The van der Waals surface area contributed by atoms with Crippen molar-refractivity contribution in [1.29, 1.82) is 0 Å². The van der Waals surface area contributed by atoms with Crippen LogP contribution in [0.25, 0.3) is 0 Å². The van der Waals surface area contributed by atoms with E-state index in [0.29, 0.717) is 11.1 Å². The minimum Gasteiger partial charge on any atom is -0.385 e. The van der Waals surface area contributed by atoms with Gasteiger partial charge in [0, 0.05) is 11.0 Å². The molecule has 1 fully saturated rings. The van der Waals surface area contributed by atoms with Crippen LogP contribution in [0.2, 0.25) is 0 Å². The van der Waals surface area contributed by atoms with E-state index in [2.05, 4.69) is 17.2 Å². The predicted octanol–water partition coefficient (Wildman–Crippen LogP) is 0.331. The zero-order valence-corrected chi connectivity index (χ0v) is 7.65. The highest BCUT2D eigenvalue weighted by molar-refractivity contribution is 8.00. The smallest absolute Gasteiger partial charge is 0.343 e. The van der Waals surface area contributed by atoms with E-state index in [1.807, 2.05) is 11.8 Å². The number of aliphatic imine (C=N–C) groups is 1. The lowest BCUT2D eigenvalue weighted by Gasteiger charge is -2.21. The number of nitrogens with zero attached hydrogens (tertiary/aromatic N) is 1. The van der Waals surface area contributed by atoms with Crippen LogP contribution in [0.4, 0.5) is 4.79 Å². The van der Waals surface area contributed by atoms with Crippen LogP contribution >= 0.6 is 11.8 Å². The van der Waals surface area contributed by atoms with Crippen LogP contribution in [0.15, 0.2) is 4.99 Å². The first-order valence-electron chi connectivity index (χ1n) is 3.91. The second kappa shape index (κ2) is 2.39. The number of carbonyl (C=O) groups is 1. The van der Waals surface area contributed by atoms with Crippen molar-refractivity contribution in [3.63, 3.8) is 0 Å². The summed E-state index contributed by atoms with van der Waals surface area (Å²) in [7, 11) is 0. The molecule has 2 aliphatic heterocycles. The molecule has 0 aromatic carbocycles. The summed E-state index contributed by atoms with van der Waals surface area (Å²) >= 11 is 1.82. The first-order chi connectivity index (χ1) is 5.62. The fraction of sp³-hybridized carbons (Fsp3) is 0.714. The molecule has 0 aromatic heterocycles. The normalized spacial score (nSPS) is 40.2. The van der Waals surface area contributed by atoms with Crippen LogP contribution in [0.5, 0.6) is 0 Å². The number of carbonyl (C=O) groups excluding carboxylic acids is 1. The predicted molar refractivity (Wildman–Crippen MR) is 49.4 cm³/mol. The van der Waals surface area contributed by atoms with E-state index in [4.69, 9.17) is 5.73 Å². The highest BCUT2D eigenvalue weighted by Crippen LogP contribution is 2.36. The maximum absolute atomic E-state index is 10.9. The minimum absolute atomic E-state index is 0.290. The summed E-state index contributed by atoms with van der Waals surface area (Å²) in [5.74, 6) is 1.32. The van der Waals surface area contributed by atoms with Crippen LogP contribution in [0.3, 0.4) is 0 Å². The molecule has 12 heavy (non-hydrogen) atoms. The zero-order valence-electron chi connectivity index (χ0n) is 6.83. The van der Waals surface area contributed by atoms with E-state index in [9.17, 15) is 4.79 Å². The molecule has 4 nitrogen and oxygen atoms in total. The molecule has 5 heteroatoms. The standard InChI is InChI=1S/C7H11N3OS/c1-4-2-7(3-12-4)5(8)9-6(11)10-7/h4H,2-3H2,1H3,(H3,8,9,10,11). The quantitative estimate of drug-likeness (QED) is 0.571. The van der Waals surface area contributed by atoms with E-state index in [0.717, 1.165) is 12.2 Å². The molecule has 0 aromatic rings. The van der Waals surface area contributed by atoms with Gasteiger partial charge in [-0.3, -0.25) is 0 Å². The lowest BCUT2D eigenvalue weighted by molar-refractivity contribution is 0.247. The van der Waals surface area contributed by atoms with Crippen LogP contribution in [-0.4, -0.2) is 28.4 Å². The van der Waals surface area contributed by atoms with Crippen molar-refractivity contribution >= 4 is 23.6 Å². The molecule has 0 saturated carbocycles. The Labute approximate surface area is 75.0 Å². The number of hydrogen-bond acceptors (Lipinski definition) is 3. The summed E-state index contributed by atoms with van der Waals surface area (Å²) in [6.07, 6.45) is 0.902. The molecule has 66 valence electrons. The topological polar surface area (TPSA) is 67.5 Å². The van der Waals surface area contributed by atoms with E-state index < -0.39 is 0 Å². The molecule has 2 unspecified atom stereocenters. The minimum atomic E-state index is -0.318. The molecule has 0 bridgehead atoms. The third kappa shape index (κ3) is 0.998. The Balaban J connectivity index is 2.24. The average Bonchev–Trinajstić information content (AvgIpc) is 2.43. The average molecular weight is 185 g/mol. The number of nitrogens with two attached hydrogens (primary N) is 1. The van der Waals surface area contributed by atoms with Gasteiger partial charge < -0.3 is 11.1 Å². The van der Waals surface area contributed by atoms with Gasteiger partial charge in [-0.15, -0.1) is 0 Å². The monoisotopic (exact) mass is 185 g/mol. The summed E-state index contributed by atoms with van der Waals surface area (Å²) in [6.45, 7) is 2.14. The molecule has 0 radical (unpaired) electrons. The highest BCUT2D eigenvalue weighted by Gasteiger charge is 2.46. The van der Waals surface area contributed by atoms with Gasteiger partial charge in [0.15, 0.2) is 0 Å². The third-order valence-electron chi connectivity index (χ3n) is 2.31. The molecule has 2 amide bonds. The Morgan fingerprint density at radius 2 is 2.58 bits per heavy atom. The largest absolute Gasteiger partial charge is 0.385 e.